The molecule has 0 aliphatic heterocycles. The summed E-state index contributed by atoms with van der Waals surface area (Å²) in [4.78, 5) is 25.4. The summed E-state index contributed by atoms with van der Waals surface area (Å²) in [5, 5.41) is 30.7. The molecule has 7 atom stereocenters. The summed E-state index contributed by atoms with van der Waals surface area (Å²) < 4.78 is 16.8. The molecule has 0 saturated heterocycles. The van der Waals surface area contributed by atoms with Crippen LogP contribution in [0.4, 0.5) is 4.39 Å². The molecule has 154 valence electrons. The maximum atomic E-state index is 16.8. The molecule has 3 N–H and O–H groups in total. The van der Waals surface area contributed by atoms with Crippen molar-refractivity contribution in [2.45, 2.75) is 64.1 Å². The second-order valence-electron chi connectivity index (χ2n) is 9.74. The number of carbonyl (C=O) groups is 2. The summed E-state index contributed by atoms with van der Waals surface area (Å²) in [7, 11) is 0. The average Bonchev–Trinajstić information content (AvgIpc) is 2.85. The Hall–Kier alpha value is -1.53. The van der Waals surface area contributed by atoms with Gasteiger partial charge < -0.3 is 15.3 Å². The second kappa shape index (κ2) is 5.76. The van der Waals surface area contributed by atoms with Gasteiger partial charge >= 0.3 is 0 Å². The van der Waals surface area contributed by atoms with E-state index >= 15 is 4.39 Å². The largest absolute Gasteiger partial charge is 0.508 e. The molecule has 1 unspecified atom stereocenters. The first-order valence-electron chi connectivity index (χ1n) is 10.2. The Bertz CT molecular complexity index is 818. The zero-order valence-electron chi connectivity index (χ0n) is 16.7. The molecular formula is C22H29FO5. The molecule has 4 aliphatic carbocycles. The Balaban J connectivity index is 1.80. The van der Waals surface area contributed by atoms with E-state index < -0.39 is 46.2 Å². The first-order valence-corrected chi connectivity index (χ1v) is 10.2. The lowest BCUT2D eigenvalue weighted by atomic mass is 9.45. The van der Waals surface area contributed by atoms with E-state index in [0.717, 1.165) is 6.08 Å². The second-order valence-corrected chi connectivity index (χ2v) is 9.74. The molecule has 0 amide bonds. The summed E-state index contributed by atoms with van der Waals surface area (Å²) in [6, 6.07) is 0. The van der Waals surface area contributed by atoms with Crippen LogP contribution in [0.3, 0.4) is 0 Å². The molecule has 0 spiro atoms. The average molecular weight is 392 g/mol. The minimum absolute atomic E-state index is 0.0621. The third-order valence-electron chi connectivity index (χ3n) is 8.95. The van der Waals surface area contributed by atoms with Gasteiger partial charge in [0.2, 0.25) is 0 Å². The lowest BCUT2D eigenvalue weighted by Gasteiger charge is -2.60. The van der Waals surface area contributed by atoms with E-state index in [4.69, 9.17) is 0 Å². The predicted octanol–water partition coefficient (Wildman–Crippen LogP) is 2.81. The fraction of sp³-hybridized carbons (Fsp3) is 0.727. The highest BCUT2D eigenvalue weighted by molar-refractivity contribution is 6.00. The van der Waals surface area contributed by atoms with Gasteiger partial charge in [0.25, 0.3) is 0 Å². The van der Waals surface area contributed by atoms with E-state index in [9.17, 15) is 24.9 Å². The maximum Gasteiger partial charge on any atom is 0.190 e. The van der Waals surface area contributed by atoms with Gasteiger partial charge in [0.15, 0.2) is 11.6 Å². The number of aliphatic hydroxyl groups is 3. The summed E-state index contributed by atoms with van der Waals surface area (Å²) >= 11 is 0. The number of aliphatic hydroxyl groups excluding tert-OH is 2. The number of rotatable bonds is 2. The molecule has 0 radical (unpaired) electrons. The van der Waals surface area contributed by atoms with Crippen LogP contribution in [0.1, 0.15) is 52.9 Å². The van der Waals surface area contributed by atoms with Gasteiger partial charge in [0, 0.05) is 11.5 Å². The van der Waals surface area contributed by atoms with Gasteiger partial charge in [-0.15, -0.1) is 0 Å². The highest BCUT2D eigenvalue weighted by Gasteiger charge is 2.74. The molecule has 4 aliphatic rings. The van der Waals surface area contributed by atoms with E-state index in [1.807, 2.05) is 6.92 Å². The number of fused-ring (bicyclic) bond motifs is 5. The Kier molecular flexibility index (Phi) is 4.07. The number of alkyl halides is 1. The summed E-state index contributed by atoms with van der Waals surface area (Å²) in [6.45, 7) is 4.54. The van der Waals surface area contributed by atoms with Gasteiger partial charge in [-0.1, -0.05) is 13.8 Å². The van der Waals surface area contributed by atoms with Gasteiger partial charge in [-0.25, -0.2) is 4.39 Å². The standard InChI is InChI=1S/C22H29FO5/c1-12-8-16-15-5-4-13-9-14(25)10-17(26)20(13,3)21(15,23)7-6-19(16,2)22(12,28)18(27)11-24/h9-10,12,15-16,24-25,28H,4-8,11H2,1-3H3/t12?,15-,16-,19-,20+,21+,22-/m0/s1. The molecule has 3 fully saturated rings. The van der Waals surface area contributed by atoms with Crippen molar-refractivity contribution in [1.82, 2.24) is 0 Å². The number of hydrogen-bond donors (Lipinski definition) is 3. The predicted molar refractivity (Wildman–Crippen MR) is 100 cm³/mol. The van der Waals surface area contributed by atoms with Crippen molar-refractivity contribution in [3.63, 3.8) is 0 Å². The number of ketones is 2. The van der Waals surface area contributed by atoms with Gasteiger partial charge in [-0.2, -0.15) is 0 Å². The van der Waals surface area contributed by atoms with E-state index in [0.29, 0.717) is 24.8 Å². The van der Waals surface area contributed by atoms with Crippen molar-refractivity contribution in [2.24, 2.45) is 28.6 Å². The van der Waals surface area contributed by atoms with Gasteiger partial charge in [-0.05, 0) is 68.4 Å². The molecular weight excluding hydrogens is 363 g/mol. The van der Waals surface area contributed by atoms with Crippen molar-refractivity contribution >= 4 is 11.6 Å². The van der Waals surface area contributed by atoms with Crippen molar-refractivity contribution in [2.75, 3.05) is 6.61 Å². The Morgan fingerprint density at radius 1 is 1.25 bits per heavy atom. The van der Waals surface area contributed by atoms with Crippen LogP contribution in [-0.4, -0.2) is 44.8 Å². The smallest absolute Gasteiger partial charge is 0.190 e. The first kappa shape index (κ1) is 19.8. The van der Waals surface area contributed by atoms with Gasteiger partial charge in [0.05, 0.1) is 5.41 Å². The normalized spacial score (nSPS) is 50.2. The fourth-order valence-corrected chi connectivity index (χ4v) is 7.26. The molecule has 6 heteroatoms. The highest BCUT2D eigenvalue weighted by atomic mass is 19.1. The van der Waals surface area contributed by atoms with E-state index in [1.54, 1.807) is 13.8 Å². The minimum Gasteiger partial charge on any atom is -0.508 e. The summed E-state index contributed by atoms with van der Waals surface area (Å²) in [6.07, 6.45) is 4.47. The molecule has 3 saturated carbocycles. The first-order chi connectivity index (χ1) is 13.0. The van der Waals surface area contributed by atoms with E-state index in [2.05, 4.69) is 0 Å². The third kappa shape index (κ3) is 1.98. The molecule has 0 aromatic rings. The minimum atomic E-state index is -1.79. The molecule has 4 rings (SSSR count). The number of Topliss-reactive ketones (excluding diaryl/α,β-unsaturated/α-hetero) is 1. The highest BCUT2D eigenvalue weighted by Crippen LogP contribution is 2.70. The van der Waals surface area contributed by atoms with Crippen molar-refractivity contribution in [3.05, 3.63) is 23.5 Å². The number of hydrogen-bond acceptors (Lipinski definition) is 5. The van der Waals surface area contributed by atoms with Crippen LogP contribution < -0.4 is 0 Å². The topological polar surface area (TPSA) is 94.8 Å². The van der Waals surface area contributed by atoms with Gasteiger partial charge in [0.1, 0.15) is 23.6 Å². The molecule has 0 aromatic heterocycles. The third-order valence-corrected chi connectivity index (χ3v) is 8.95. The number of halogens is 1. The van der Waals surface area contributed by atoms with Crippen LogP contribution in [0.25, 0.3) is 0 Å². The van der Waals surface area contributed by atoms with E-state index in [-0.39, 0.29) is 30.4 Å². The van der Waals surface area contributed by atoms with Crippen LogP contribution in [-0.2, 0) is 9.59 Å². The quantitative estimate of drug-likeness (QED) is 0.672. The SMILES string of the molecule is CC1C[C@H]2[C@@H]3CCC4=CC(O)=CC(=O)[C@]4(C)[C@@]3(F)CC[C@]2(C)[C@@]1(O)C(=O)CO. The zero-order chi connectivity index (χ0) is 20.7. The maximum absolute atomic E-state index is 16.8. The van der Waals surface area contributed by atoms with Crippen molar-refractivity contribution < 1.29 is 29.3 Å². The summed E-state index contributed by atoms with van der Waals surface area (Å²) in [5.74, 6) is -2.24. The van der Waals surface area contributed by atoms with E-state index in [1.165, 1.54) is 6.08 Å². The Morgan fingerprint density at radius 2 is 1.93 bits per heavy atom. The Labute approximate surface area is 164 Å². The molecule has 5 nitrogen and oxygen atoms in total. The van der Waals surface area contributed by atoms with Crippen molar-refractivity contribution in [3.8, 4) is 0 Å². The zero-order valence-corrected chi connectivity index (χ0v) is 16.7. The van der Waals surface area contributed by atoms with Crippen molar-refractivity contribution in [1.29, 1.82) is 0 Å². The lowest BCUT2D eigenvalue weighted by molar-refractivity contribution is -0.188. The molecule has 28 heavy (non-hydrogen) atoms. The van der Waals surface area contributed by atoms with Crippen LogP contribution in [0, 0.1) is 28.6 Å². The van der Waals surface area contributed by atoms with Gasteiger partial charge in [-0.3, -0.25) is 9.59 Å². The molecule has 0 heterocycles. The Morgan fingerprint density at radius 3 is 2.57 bits per heavy atom. The van der Waals surface area contributed by atoms with Crippen LogP contribution in [0.15, 0.2) is 23.5 Å². The number of carbonyl (C=O) groups excluding carboxylic acids is 2. The van der Waals surface area contributed by atoms with Crippen LogP contribution >= 0.6 is 0 Å². The van der Waals surface area contributed by atoms with Crippen LogP contribution in [0.2, 0.25) is 0 Å². The number of allylic oxidation sites excluding steroid dienone is 3. The monoisotopic (exact) mass is 392 g/mol. The fourth-order valence-electron chi connectivity index (χ4n) is 7.26. The summed E-state index contributed by atoms with van der Waals surface area (Å²) in [5.41, 5.74) is -5.00. The molecule has 0 bridgehead atoms. The molecule has 0 aromatic carbocycles. The van der Waals surface area contributed by atoms with Crippen LogP contribution in [0.5, 0.6) is 0 Å². The lowest BCUT2D eigenvalue weighted by Crippen LogP contribution is -2.65.